The molecule has 0 atom stereocenters. The Bertz CT molecular complexity index is 1280. The molecule has 0 spiro atoms. The number of rotatable bonds is 5. The van der Waals surface area contributed by atoms with Crippen LogP contribution in [0.5, 0.6) is 11.5 Å². The molecule has 2 amide bonds. The molecule has 9 nitrogen and oxygen atoms in total. The van der Waals surface area contributed by atoms with Crippen LogP contribution in [0.1, 0.15) is 20.7 Å². The molecule has 4 rings (SSSR count). The second kappa shape index (κ2) is 9.21. The first-order valence-corrected chi connectivity index (χ1v) is 11.4. The molecule has 3 aromatic rings. The highest BCUT2D eigenvalue weighted by Crippen LogP contribution is 2.30. The Hall–Kier alpha value is -4.05. The third-order valence-electron chi connectivity index (χ3n) is 4.99. The predicted octanol–water partition coefficient (Wildman–Crippen LogP) is 2.36. The Balaban J connectivity index is 1.40. The van der Waals surface area contributed by atoms with Gasteiger partial charge in [-0.15, -0.1) is 0 Å². The summed E-state index contributed by atoms with van der Waals surface area (Å²) in [6.45, 7) is 0.832. The summed E-state index contributed by atoms with van der Waals surface area (Å²) in [5, 5.41) is 0. The van der Waals surface area contributed by atoms with Crippen LogP contribution in [0.2, 0.25) is 0 Å². The fourth-order valence-corrected chi connectivity index (χ4v) is 4.35. The average molecular weight is 468 g/mol. The summed E-state index contributed by atoms with van der Waals surface area (Å²) in [5.41, 5.74) is 5.62. The monoisotopic (exact) mass is 467 g/mol. The van der Waals surface area contributed by atoms with Gasteiger partial charge in [-0.3, -0.25) is 24.7 Å². The maximum atomic E-state index is 12.8. The van der Waals surface area contributed by atoms with E-state index in [-0.39, 0.29) is 16.0 Å². The molecule has 2 N–H and O–H groups in total. The van der Waals surface area contributed by atoms with Gasteiger partial charge in [0.05, 0.1) is 10.6 Å². The van der Waals surface area contributed by atoms with Crippen LogP contribution in [0, 0.1) is 0 Å². The van der Waals surface area contributed by atoms with Gasteiger partial charge in [0.2, 0.25) is 0 Å². The molecule has 170 valence electrons. The number of amides is 2. The first kappa shape index (κ1) is 22.2. The normalized spacial score (nSPS) is 12.5. The van der Waals surface area contributed by atoms with E-state index in [1.165, 1.54) is 37.4 Å². The largest absolute Gasteiger partial charge is 0.486 e. The number of hydrazine groups is 1. The summed E-state index contributed by atoms with van der Waals surface area (Å²) >= 11 is 0. The molecule has 10 heteroatoms. The quantitative estimate of drug-likeness (QED) is 0.557. The molecule has 0 saturated carbocycles. The molecule has 0 aliphatic carbocycles. The molecule has 0 unspecified atom stereocenters. The van der Waals surface area contributed by atoms with Crippen molar-refractivity contribution in [3.8, 4) is 11.5 Å². The molecular weight excluding hydrogens is 446 g/mol. The summed E-state index contributed by atoms with van der Waals surface area (Å²) in [4.78, 5) is 24.8. The first-order chi connectivity index (χ1) is 15.9. The molecule has 0 saturated heterocycles. The molecule has 1 heterocycles. The van der Waals surface area contributed by atoms with Crippen molar-refractivity contribution in [1.29, 1.82) is 0 Å². The van der Waals surface area contributed by atoms with Gasteiger partial charge in [-0.25, -0.2) is 8.42 Å². The van der Waals surface area contributed by atoms with E-state index < -0.39 is 21.8 Å². The van der Waals surface area contributed by atoms with E-state index >= 15 is 0 Å². The lowest BCUT2D eigenvalue weighted by atomic mass is 10.2. The summed E-state index contributed by atoms with van der Waals surface area (Å²) in [7, 11) is -2.34. The second-order valence-corrected chi connectivity index (χ2v) is 9.07. The van der Waals surface area contributed by atoms with Gasteiger partial charge in [0.1, 0.15) is 13.2 Å². The van der Waals surface area contributed by atoms with Crippen LogP contribution in [0.4, 0.5) is 5.69 Å². The number of fused-ring (bicyclic) bond motifs is 1. The standard InChI is InChI=1S/C23H21N3O6S/c1-26(18-5-3-2-4-6-18)33(29,30)19-10-7-16(8-11-19)22(27)24-25-23(28)17-9-12-20-21(15-17)32-14-13-31-20/h2-12,15H,13-14H2,1H3,(H,24,27)(H,25,28). The van der Waals surface area contributed by atoms with Crippen molar-refractivity contribution in [2.75, 3.05) is 24.6 Å². The summed E-state index contributed by atoms with van der Waals surface area (Å²) in [6.07, 6.45) is 0. The Morgan fingerprint density at radius 3 is 2.03 bits per heavy atom. The van der Waals surface area contributed by atoms with Crippen LogP contribution < -0.4 is 24.6 Å². The molecule has 3 aromatic carbocycles. The Kier molecular flexibility index (Phi) is 6.18. The third kappa shape index (κ3) is 4.75. The lowest BCUT2D eigenvalue weighted by Gasteiger charge is -2.19. The highest BCUT2D eigenvalue weighted by Gasteiger charge is 2.22. The van der Waals surface area contributed by atoms with Gasteiger partial charge in [-0.1, -0.05) is 18.2 Å². The minimum absolute atomic E-state index is 0.0331. The fourth-order valence-electron chi connectivity index (χ4n) is 3.16. The predicted molar refractivity (Wildman–Crippen MR) is 121 cm³/mol. The van der Waals surface area contributed by atoms with Crippen LogP contribution in [0.3, 0.4) is 0 Å². The van der Waals surface area contributed by atoms with E-state index in [9.17, 15) is 18.0 Å². The molecular formula is C23H21N3O6S. The topological polar surface area (TPSA) is 114 Å². The highest BCUT2D eigenvalue weighted by molar-refractivity contribution is 7.92. The molecule has 33 heavy (non-hydrogen) atoms. The van der Waals surface area contributed by atoms with Crippen molar-refractivity contribution in [2.45, 2.75) is 4.90 Å². The van der Waals surface area contributed by atoms with Gasteiger partial charge >= 0.3 is 0 Å². The van der Waals surface area contributed by atoms with E-state index in [0.717, 1.165) is 4.31 Å². The number of para-hydroxylation sites is 1. The van der Waals surface area contributed by atoms with Crippen LogP contribution in [0.15, 0.2) is 77.7 Å². The number of anilines is 1. The minimum atomic E-state index is -3.79. The Labute approximate surface area is 191 Å². The molecule has 0 aromatic heterocycles. The van der Waals surface area contributed by atoms with E-state index in [1.807, 2.05) is 0 Å². The number of hydrogen-bond acceptors (Lipinski definition) is 6. The number of hydrogen-bond donors (Lipinski definition) is 2. The lowest BCUT2D eigenvalue weighted by molar-refractivity contribution is 0.0846. The zero-order valence-electron chi connectivity index (χ0n) is 17.6. The minimum Gasteiger partial charge on any atom is -0.486 e. The zero-order valence-corrected chi connectivity index (χ0v) is 18.5. The molecule has 1 aliphatic rings. The molecule has 0 bridgehead atoms. The van der Waals surface area contributed by atoms with Crippen molar-refractivity contribution >= 4 is 27.5 Å². The van der Waals surface area contributed by atoms with Gasteiger partial charge in [0.25, 0.3) is 21.8 Å². The number of nitrogens with one attached hydrogen (secondary N) is 2. The first-order valence-electron chi connectivity index (χ1n) is 10.0. The highest BCUT2D eigenvalue weighted by atomic mass is 32.2. The Morgan fingerprint density at radius 2 is 1.36 bits per heavy atom. The number of ether oxygens (including phenoxy) is 2. The van der Waals surface area contributed by atoms with Crippen LogP contribution in [-0.2, 0) is 10.0 Å². The molecule has 0 fully saturated rings. The van der Waals surface area contributed by atoms with Crippen molar-refractivity contribution in [3.63, 3.8) is 0 Å². The van der Waals surface area contributed by atoms with Crippen molar-refractivity contribution in [3.05, 3.63) is 83.9 Å². The van der Waals surface area contributed by atoms with Gasteiger partial charge < -0.3 is 9.47 Å². The van der Waals surface area contributed by atoms with Gasteiger partial charge in [-0.05, 0) is 54.6 Å². The number of benzene rings is 3. The van der Waals surface area contributed by atoms with E-state index in [0.29, 0.717) is 30.4 Å². The zero-order chi connectivity index (χ0) is 23.4. The van der Waals surface area contributed by atoms with Crippen molar-refractivity contribution in [2.24, 2.45) is 0 Å². The van der Waals surface area contributed by atoms with Gasteiger partial charge in [0.15, 0.2) is 11.5 Å². The van der Waals surface area contributed by atoms with Crippen LogP contribution in [0.25, 0.3) is 0 Å². The van der Waals surface area contributed by atoms with E-state index in [4.69, 9.17) is 9.47 Å². The average Bonchev–Trinajstić information content (AvgIpc) is 2.86. The summed E-state index contributed by atoms with van der Waals surface area (Å²) in [6, 6.07) is 18.8. The van der Waals surface area contributed by atoms with Crippen molar-refractivity contribution in [1.82, 2.24) is 10.9 Å². The number of nitrogens with zero attached hydrogens (tertiary/aromatic N) is 1. The summed E-state index contributed by atoms with van der Waals surface area (Å²) < 4.78 is 37.7. The Morgan fingerprint density at radius 1 is 0.788 bits per heavy atom. The summed E-state index contributed by atoms with van der Waals surface area (Å²) in [5.74, 6) is -0.127. The number of carbonyl (C=O) groups is 2. The van der Waals surface area contributed by atoms with Crippen molar-refractivity contribution < 1.29 is 27.5 Å². The second-order valence-electron chi connectivity index (χ2n) is 7.10. The molecule has 1 aliphatic heterocycles. The lowest BCUT2D eigenvalue weighted by Crippen LogP contribution is -2.41. The smallest absolute Gasteiger partial charge is 0.269 e. The third-order valence-corrected chi connectivity index (χ3v) is 6.79. The maximum Gasteiger partial charge on any atom is 0.269 e. The fraction of sp³-hybridized carbons (Fsp3) is 0.130. The molecule has 0 radical (unpaired) electrons. The van der Waals surface area contributed by atoms with Gasteiger partial charge in [0, 0.05) is 18.2 Å². The number of carbonyl (C=O) groups excluding carboxylic acids is 2. The maximum absolute atomic E-state index is 12.8. The van der Waals surface area contributed by atoms with Gasteiger partial charge in [-0.2, -0.15) is 0 Å². The number of sulfonamides is 1. The SMILES string of the molecule is CN(c1ccccc1)S(=O)(=O)c1ccc(C(=O)NNC(=O)c2ccc3c(c2)OCCO3)cc1. The van der Waals surface area contributed by atoms with Crippen LogP contribution in [-0.4, -0.2) is 40.5 Å². The van der Waals surface area contributed by atoms with Crippen LogP contribution >= 0.6 is 0 Å². The van der Waals surface area contributed by atoms with E-state index in [2.05, 4.69) is 10.9 Å². The van der Waals surface area contributed by atoms with E-state index in [1.54, 1.807) is 42.5 Å².